The Morgan fingerprint density at radius 1 is 0.767 bits per heavy atom. The van der Waals surface area contributed by atoms with Crippen LogP contribution in [0.25, 0.3) is 28.5 Å². The van der Waals surface area contributed by atoms with Crippen molar-refractivity contribution in [3.8, 4) is 28.5 Å². The Labute approximate surface area is 175 Å². The van der Waals surface area contributed by atoms with Crippen molar-refractivity contribution in [2.45, 2.75) is 19.8 Å². The van der Waals surface area contributed by atoms with E-state index in [0.717, 1.165) is 41.3 Å². The lowest BCUT2D eigenvalue weighted by molar-refractivity contribution is 0.832. The van der Waals surface area contributed by atoms with E-state index in [9.17, 15) is 0 Å². The van der Waals surface area contributed by atoms with Crippen LogP contribution in [0.15, 0.2) is 92.2 Å². The van der Waals surface area contributed by atoms with Crippen LogP contribution >= 0.6 is 0 Å². The molecule has 6 nitrogen and oxygen atoms in total. The Morgan fingerprint density at radius 2 is 1.47 bits per heavy atom. The predicted octanol–water partition coefficient (Wildman–Crippen LogP) is 4.86. The summed E-state index contributed by atoms with van der Waals surface area (Å²) in [4.78, 5) is 13.0. The molecule has 0 spiro atoms. The number of aromatic nitrogens is 6. The molecular formula is C24H22N6. The van der Waals surface area contributed by atoms with E-state index in [1.54, 1.807) is 18.7 Å². The maximum atomic E-state index is 4.77. The standard InChI is InChI=1S/C24H22N6/c1-2-3-21-8-10-23(19-4-6-20(7-5-19)28-14-12-25-17-28)30(21)24-11-9-22(16-27-24)29-15-13-26-18-29/h4-18H,2-3H2,1H3. The summed E-state index contributed by atoms with van der Waals surface area (Å²) in [5.74, 6) is 0.918. The van der Waals surface area contributed by atoms with Crippen molar-refractivity contribution in [3.63, 3.8) is 0 Å². The van der Waals surface area contributed by atoms with E-state index in [-0.39, 0.29) is 0 Å². The van der Waals surface area contributed by atoms with Crippen molar-refractivity contribution in [2.75, 3.05) is 0 Å². The van der Waals surface area contributed by atoms with Gasteiger partial charge in [-0.25, -0.2) is 15.0 Å². The van der Waals surface area contributed by atoms with Crippen molar-refractivity contribution < 1.29 is 0 Å². The Bertz CT molecular complexity index is 1210. The summed E-state index contributed by atoms with van der Waals surface area (Å²) in [5.41, 5.74) is 5.63. The smallest absolute Gasteiger partial charge is 0.137 e. The normalized spacial score (nSPS) is 11.1. The Kier molecular flexibility index (Phi) is 4.73. The fourth-order valence-corrected chi connectivity index (χ4v) is 3.72. The quantitative estimate of drug-likeness (QED) is 0.413. The minimum Gasteiger partial charge on any atom is -0.306 e. The first kappa shape index (κ1) is 18.1. The molecule has 0 saturated carbocycles. The number of nitrogens with zero attached hydrogens (tertiary/aromatic N) is 6. The van der Waals surface area contributed by atoms with Crippen LogP contribution in [-0.2, 0) is 6.42 Å². The highest BCUT2D eigenvalue weighted by Crippen LogP contribution is 2.28. The van der Waals surface area contributed by atoms with Crippen LogP contribution in [0.1, 0.15) is 19.0 Å². The second-order valence-electron chi connectivity index (χ2n) is 7.16. The SMILES string of the molecule is CCCc1ccc(-c2ccc(-n3ccnc3)cc2)n1-c1ccc(-n2ccnc2)cn1. The van der Waals surface area contributed by atoms with Gasteiger partial charge in [0.1, 0.15) is 5.82 Å². The minimum absolute atomic E-state index is 0.918. The molecule has 1 aromatic carbocycles. The van der Waals surface area contributed by atoms with E-state index in [2.05, 4.69) is 70.0 Å². The average Bonchev–Trinajstić information content (AvgIpc) is 3.56. The van der Waals surface area contributed by atoms with E-state index in [4.69, 9.17) is 4.98 Å². The van der Waals surface area contributed by atoms with Gasteiger partial charge in [-0.05, 0) is 48.4 Å². The van der Waals surface area contributed by atoms with Crippen LogP contribution in [0.5, 0.6) is 0 Å². The first-order valence-electron chi connectivity index (χ1n) is 10.1. The molecule has 0 unspecified atom stereocenters. The summed E-state index contributed by atoms with van der Waals surface area (Å²) in [6.45, 7) is 2.20. The first-order chi connectivity index (χ1) is 14.8. The van der Waals surface area contributed by atoms with E-state index < -0.39 is 0 Å². The van der Waals surface area contributed by atoms with Gasteiger partial charge in [0.2, 0.25) is 0 Å². The van der Waals surface area contributed by atoms with Gasteiger partial charge < -0.3 is 9.13 Å². The number of pyridine rings is 1. The molecule has 0 N–H and O–H groups in total. The van der Waals surface area contributed by atoms with Crippen LogP contribution in [0, 0.1) is 0 Å². The summed E-state index contributed by atoms with van der Waals surface area (Å²) in [7, 11) is 0. The monoisotopic (exact) mass is 394 g/mol. The Morgan fingerprint density at radius 3 is 2.07 bits per heavy atom. The molecule has 0 bridgehead atoms. The first-order valence-corrected chi connectivity index (χ1v) is 10.1. The van der Waals surface area contributed by atoms with Crippen molar-refractivity contribution in [1.29, 1.82) is 0 Å². The molecule has 6 heteroatoms. The Balaban J connectivity index is 1.54. The van der Waals surface area contributed by atoms with Gasteiger partial charge in [-0.1, -0.05) is 25.5 Å². The van der Waals surface area contributed by atoms with E-state index in [1.165, 1.54) is 5.69 Å². The highest BCUT2D eigenvalue weighted by molar-refractivity contribution is 5.65. The van der Waals surface area contributed by atoms with Gasteiger partial charge in [0.15, 0.2) is 0 Å². The second-order valence-corrected chi connectivity index (χ2v) is 7.16. The number of imidazole rings is 2. The number of rotatable bonds is 6. The van der Waals surface area contributed by atoms with Crippen LogP contribution in [0.3, 0.4) is 0 Å². The summed E-state index contributed by atoms with van der Waals surface area (Å²) in [5, 5.41) is 0. The third-order valence-corrected chi connectivity index (χ3v) is 5.20. The topological polar surface area (TPSA) is 53.5 Å². The molecular weight excluding hydrogens is 372 g/mol. The zero-order valence-corrected chi connectivity index (χ0v) is 16.8. The number of benzene rings is 1. The van der Waals surface area contributed by atoms with Crippen LogP contribution in [0.2, 0.25) is 0 Å². The van der Waals surface area contributed by atoms with Crippen molar-refractivity contribution in [1.82, 2.24) is 28.7 Å². The van der Waals surface area contributed by atoms with Gasteiger partial charge in [-0.3, -0.25) is 4.57 Å². The van der Waals surface area contributed by atoms with Gasteiger partial charge >= 0.3 is 0 Å². The summed E-state index contributed by atoms with van der Waals surface area (Å²) < 4.78 is 6.21. The second kappa shape index (κ2) is 7.83. The molecule has 4 heterocycles. The summed E-state index contributed by atoms with van der Waals surface area (Å²) >= 11 is 0. The zero-order valence-electron chi connectivity index (χ0n) is 16.8. The number of hydrogen-bond acceptors (Lipinski definition) is 3. The molecule has 0 aliphatic heterocycles. The maximum absolute atomic E-state index is 4.77. The van der Waals surface area contributed by atoms with Crippen LogP contribution < -0.4 is 0 Å². The number of aryl methyl sites for hydroxylation is 1. The fraction of sp³-hybridized carbons (Fsp3) is 0.125. The molecule has 0 fully saturated rings. The van der Waals surface area contributed by atoms with Crippen LogP contribution in [-0.4, -0.2) is 28.7 Å². The van der Waals surface area contributed by atoms with E-state index in [0.29, 0.717) is 0 Å². The van der Waals surface area contributed by atoms with Crippen LogP contribution in [0.4, 0.5) is 0 Å². The van der Waals surface area contributed by atoms with Crippen molar-refractivity contribution in [3.05, 3.63) is 97.9 Å². The molecule has 0 amide bonds. The molecule has 5 aromatic rings. The highest BCUT2D eigenvalue weighted by Gasteiger charge is 2.13. The van der Waals surface area contributed by atoms with E-state index >= 15 is 0 Å². The van der Waals surface area contributed by atoms with Gasteiger partial charge in [-0.15, -0.1) is 0 Å². The third kappa shape index (κ3) is 3.33. The number of hydrogen-bond donors (Lipinski definition) is 0. The molecule has 0 radical (unpaired) electrons. The van der Waals surface area contributed by atoms with E-state index in [1.807, 2.05) is 34.1 Å². The molecule has 0 atom stereocenters. The lowest BCUT2D eigenvalue weighted by Crippen LogP contribution is -2.05. The van der Waals surface area contributed by atoms with Gasteiger partial charge in [0, 0.05) is 36.2 Å². The molecule has 0 aliphatic rings. The zero-order chi connectivity index (χ0) is 20.3. The van der Waals surface area contributed by atoms with Gasteiger partial charge in [0.25, 0.3) is 0 Å². The Hall–Kier alpha value is -3.93. The van der Waals surface area contributed by atoms with Crippen molar-refractivity contribution >= 4 is 0 Å². The summed E-state index contributed by atoms with van der Waals surface area (Å²) in [6.07, 6.45) is 15.0. The molecule has 4 aromatic heterocycles. The highest BCUT2D eigenvalue weighted by atomic mass is 15.1. The van der Waals surface area contributed by atoms with Gasteiger partial charge in [0.05, 0.1) is 30.2 Å². The predicted molar refractivity (Wildman–Crippen MR) is 117 cm³/mol. The maximum Gasteiger partial charge on any atom is 0.137 e. The molecule has 30 heavy (non-hydrogen) atoms. The third-order valence-electron chi connectivity index (χ3n) is 5.20. The molecule has 0 aliphatic carbocycles. The molecule has 148 valence electrons. The van der Waals surface area contributed by atoms with Crippen molar-refractivity contribution in [2.24, 2.45) is 0 Å². The lowest BCUT2D eigenvalue weighted by atomic mass is 10.1. The average molecular weight is 394 g/mol. The largest absolute Gasteiger partial charge is 0.306 e. The minimum atomic E-state index is 0.918. The molecule has 5 rings (SSSR count). The lowest BCUT2D eigenvalue weighted by Gasteiger charge is -2.14. The van der Waals surface area contributed by atoms with Gasteiger partial charge in [-0.2, -0.15) is 0 Å². The molecule has 0 saturated heterocycles. The summed E-state index contributed by atoms with van der Waals surface area (Å²) in [6, 6.07) is 17.1. The fourth-order valence-electron chi connectivity index (χ4n) is 3.72.